The average molecular weight is 229 g/mol. The summed E-state index contributed by atoms with van der Waals surface area (Å²) in [5.74, 6) is -1.03. The Morgan fingerprint density at radius 1 is 1.44 bits per heavy atom. The molecule has 2 heterocycles. The van der Waals surface area contributed by atoms with E-state index in [-0.39, 0.29) is 12.0 Å². The molecule has 2 rings (SSSR count). The molecular formula is C9H15N3O4. The predicted molar refractivity (Wildman–Crippen MR) is 53.5 cm³/mol. The number of ether oxygens (including phenoxy) is 2. The Balaban J connectivity index is 2.15. The van der Waals surface area contributed by atoms with Crippen molar-refractivity contribution < 1.29 is 14.4 Å². The van der Waals surface area contributed by atoms with E-state index in [1.807, 2.05) is 0 Å². The smallest absolute Gasteiger partial charge is 0.333 e. The Morgan fingerprint density at radius 3 is 2.62 bits per heavy atom. The van der Waals surface area contributed by atoms with Crippen molar-refractivity contribution in [3.05, 3.63) is 10.1 Å². The molecular weight excluding hydrogens is 214 g/mol. The van der Waals surface area contributed by atoms with Gasteiger partial charge in [-0.15, -0.1) is 5.11 Å². The molecule has 0 aromatic heterocycles. The molecule has 2 aliphatic rings. The van der Waals surface area contributed by atoms with E-state index in [0.29, 0.717) is 13.2 Å². The Labute approximate surface area is 93.0 Å². The zero-order valence-electron chi connectivity index (χ0n) is 9.54. The molecule has 0 spiro atoms. The first-order valence-corrected chi connectivity index (χ1v) is 5.20. The second-order valence-corrected chi connectivity index (χ2v) is 4.75. The van der Waals surface area contributed by atoms with E-state index >= 15 is 0 Å². The molecule has 0 aliphatic carbocycles. The Bertz CT molecular complexity index is 344. The first-order valence-electron chi connectivity index (χ1n) is 5.20. The van der Waals surface area contributed by atoms with Crippen molar-refractivity contribution in [2.75, 3.05) is 13.2 Å². The van der Waals surface area contributed by atoms with E-state index in [9.17, 15) is 10.1 Å². The number of nitro groups is 1. The van der Waals surface area contributed by atoms with Crippen LogP contribution < -0.4 is 0 Å². The lowest BCUT2D eigenvalue weighted by atomic mass is 9.91. The summed E-state index contributed by atoms with van der Waals surface area (Å²) in [6.07, 6.45) is -0.319. The van der Waals surface area contributed by atoms with Crippen LogP contribution in [0.15, 0.2) is 10.2 Å². The van der Waals surface area contributed by atoms with Gasteiger partial charge in [-0.3, -0.25) is 10.1 Å². The number of azo groups is 1. The van der Waals surface area contributed by atoms with Gasteiger partial charge in [-0.25, -0.2) is 0 Å². The van der Waals surface area contributed by atoms with E-state index in [0.717, 1.165) is 0 Å². The fourth-order valence-electron chi connectivity index (χ4n) is 2.07. The molecule has 0 radical (unpaired) electrons. The van der Waals surface area contributed by atoms with Gasteiger partial charge in [-0.2, -0.15) is 5.11 Å². The SMILES string of the molecule is CC1(C)OC[C@H]([C@@H]2CN=N[C@@]2(C)[N+](=O)[O-])O1. The molecule has 0 unspecified atom stereocenters. The summed E-state index contributed by atoms with van der Waals surface area (Å²) in [6, 6.07) is 0. The average Bonchev–Trinajstić information content (AvgIpc) is 2.70. The summed E-state index contributed by atoms with van der Waals surface area (Å²) in [5, 5.41) is 18.5. The molecule has 7 nitrogen and oxygen atoms in total. The zero-order chi connectivity index (χ0) is 12.0. The van der Waals surface area contributed by atoms with Gasteiger partial charge in [0, 0.05) is 6.92 Å². The van der Waals surface area contributed by atoms with E-state index in [1.165, 1.54) is 6.92 Å². The monoisotopic (exact) mass is 229 g/mol. The van der Waals surface area contributed by atoms with Crippen molar-refractivity contribution in [1.29, 1.82) is 0 Å². The summed E-state index contributed by atoms with van der Waals surface area (Å²) in [4.78, 5) is 10.6. The highest BCUT2D eigenvalue weighted by Crippen LogP contribution is 2.37. The van der Waals surface area contributed by atoms with Gasteiger partial charge in [-0.05, 0) is 13.8 Å². The third kappa shape index (κ3) is 1.69. The van der Waals surface area contributed by atoms with Crippen LogP contribution >= 0.6 is 0 Å². The summed E-state index contributed by atoms with van der Waals surface area (Å²) in [7, 11) is 0. The molecule has 16 heavy (non-hydrogen) atoms. The van der Waals surface area contributed by atoms with Gasteiger partial charge < -0.3 is 9.47 Å². The van der Waals surface area contributed by atoms with Gasteiger partial charge in [0.05, 0.1) is 24.2 Å². The quantitative estimate of drug-likeness (QED) is 0.526. The molecule has 1 saturated heterocycles. The number of nitrogens with zero attached hydrogens (tertiary/aromatic N) is 3. The van der Waals surface area contributed by atoms with Crippen LogP contribution in [-0.2, 0) is 9.47 Å². The first-order chi connectivity index (χ1) is 7.35. The Hall–Kier alpha value is -1.08. The lowest BCUT2D eigenvalue weighted by molar-refractivity contribution is -0.574. The molecule has 2 aliphatic heterocycles. The topological polar surface area (TPSA) is 86.3 Å². The highest BCUT2D eigenvalue weighted by Gasteiger charge is 2.56. The van der Waals surface area contributed by atoms with Crippen LogP contribution in [0.3, 0.4) is 0 Å². The summed E-state index contributed by atoms with van der Waals surface area (Å²) >= 11 is 0. The van der Waals surface area contributed by atoms with Crippen LogP contribution in [0, 0.1) is 16.0 Å². The highest BCUT2D eigenvalue weighted by atomic mass is 16.7. The maximum Gasteiger partial charge on any atom is 0.333 e. The second kappa shape index (κ2) is 3.46. The van der Waals surface area contributed by atoms with Crippen molar-refractivity contribution in [1.82, 2.24) is 0 Å². The van der Waals surface area contributed by atoms with Gasteiger partial charge in [0.1, 0.15) is 5.92 Å². The molecule has 7 heteroatoms. The van der Waals surface area contributed by atoms with Gasteiger partial charge in [0.2, 0.25) is 0 Å². The van der Waals surface area contributed by atoms with Crippen LogP contribution in [0.5, 0.6) is 0 Å². The third-order valence-electron chi connectivity index (χ3n) is 3.10. The lowest BCUT2D eigenvalue weighted by Gasteiger charge is -2.24. The molecule has 0 N–H and O–H groups in total. The number of rotatable bonds is 2. The number of hydrogen-bond acceptors (Lipinski definition) is 6. The van der Waals surface area contributed by atoms with Crippen LogP contribution in [-0.4, -0.2) is 35.6 Å². The Kier molecular flexibility index (Phi) is 2.47. The predicted octanol–water partition coefficient (Wildman–Crippen LogP) is 1.21. The fourth-order valence-corrected chi connectivity index (χ4v) is 2.07. The van der Waals surface area contributed by atoms with Crippen molar-refractivity contribution in [3.8, 4) is 0 Å². The normalized spacial score (nSPS) is 41.4. The summed E-state index contributed by atoms with van der Waals surface area (Å²) < 4.78 is 11.0. The molecule has 90 valence electrons. The maximum atomic E-state index is 11.0. The van der Waals surface area contributed by atoms with E-state index in [2.05, 4.69) is 10.2 Å². The van der Waals surface area contributed by atoms with E-state index < -0.39 is 16.4 Å². The molecule has 0 saturated carbocycles. The lowest BCUT2D eigenvalue weighted by Crippen LogP contribution is -2.46. The standard InChI is InChI=1S/C9H15N3O4/c1-8(2)15-5-7(16-8)6-4-10-11-9(6,3)12(13)14/h6-7H,4-5H2,1-3H3/t6-,7+,9-/m0/s1. The van der Waals surface area contributed by atoms with Crippen LogP contribution in [0.2, 0.25) is 0 Å². The minimum atomic E-state index is -1.38. The van der Waals surface area contributed by atoms with Crippen molar-refractivity contribution >= 4 is 0 Å². The molecule has 3 atom stereocenters. The van der Waals surface area contributed by atoms with E-state index in [4.69, 9.17) is 9.47 Å². The van der Waals surface area contributed by atoms with Gasteiger partial charge in [0.15, 0.2) is 5.79 Å². The molecule has 0 bridgehead atoms. The third-order valence-corrected chi connectivity index (χ3v) is 3.10. The van der Waals surface area contributed by atoms with Gasteiger partial charge >= 0.3 is 5.66 Å². The first kappa shape index (κ1) is 11.4. The molecule has 0 aromatic rings. The zero-order valence-corrected chi connectivity index (χ0v) is 9.54. The summed E-state index contributed by atoms with van der Waals surface area (Å²) in [6.45, 7) is 5.73. The largest absolute Gasteiger partial charge is 0.348 e. The van der Waals surface area contributed by atoms with Gasteiger partial charge in [-0.1, -0.05) is 0 Å². The summed E-state index contributed by atoms with van der Waals surface area (Å²) in [5.41, 5.74) is -1.38. The highest BCUT2D eigenvalue weighted by molar-refractivity contribution is 4.93. The molecule has 1 fully saturated rings. The minimum Gasteiger partial charge on any atom is -0.348 e. The Morgan fingerprint density at radius 2 is 2.12 bits per heavy atom. The second-order valence-electron chi connectivity index (χ2n) is 4.75. The van der Waals surface area contributed by atoms with Crippen molar-refractivity contribution in [2.45, 2.75) is 38.3 Å². The van der Waals surface area contributed by atoms with Crippen LogP contribution in [0.25, 0.3) is 0 Å². The maximum absolute atomic E-state index is 11.0. The van der Waals surface area contributed by atoms with Crippen LogP contribution in [0.4, 0.5) is 0 Å². The fraction of sp³-hybridized carbons (Fsp3) is 1.00. The van der Waals surface area contributed by atoms with Gasteiger partial charge in [0.25, 0.3) is 0 Å². The number of hydrogen-bond donors (Lipinski definition) is 0. The molecule has 0 amide bonds. The minimum absolute atomic E-state index is 0.319. The van der Waals surface area contributed by atoms with Crippen molar-refractivity contribution in [2.24, 2.45) is 16.1 Å². The molecule has 0 aromatic carbocycles. The van der Waals surface area contributed by atoms with E-state index in [1.54, 1.807) is 13.8 Å². The van der Waals surface area contributed by atoms with Crippen LogP contribution in [0.1, 0.15) is 20.8 Å². The van der Waals surface area contributed by atoms with Crippen molar-refractivity contribution in [3.63, 3.8) is 0 Å².